The lowest BCUT2D eigenvalue weighted by atomic mass is 10.1. The molecule has 0 radical (unpaired) electrons. The van der Waals surface area contributed by atoms with E-state index in [4.69, 9.17) is 0 Å². The Morgan fingerprint density at radius 3 is 2.29 bits per heavy atom. The Hall–Kier alpha value is 0.0900. The molecule has 3 nitrogen and oxygen atoms in total. The Balaban J connectivity index is 2.53. The maximum absolute atomic E-state index is 12.3. The second-order valence-electron chi connectivity index (χ2n) is 5.20. The van der Waals surface area contributed by atoms with E-state index < -0.39 is 10.0 Å². The van der Waals surface area contributed by atoms with Crippen molar-refractivity contribution in [2.45, 2.75) is 57.3 Å². The Morgan fingerprint density at radius 1 is 1.00 bits per heavy atom. The van der Waals surface area contributed by atoms with Crippen LogP contribution in [0.15, 0.2) is 26.0 Å². The van der Waals surface area contributed by atoms with E-state index in [9.17, 15) is 8.42 Å². The number of hydrogen-bond acceptors (Lipinski definition) is 2. The summed E-state index contributed by atoms with van der Waals surface area (Å²) in [6.45, 7) is 4.60. The first-order valence-electron chi connectivity index (χ1n) is 7.33. The van der Waals surface area contributed by atoms with Crippen molar-refractivity contribution in [3.63, 3.8) is 0 Å². The summed E-state index contributed by atoms with van der Waals surface area (Å²) >= 11 is 6.70. The van der Waals surface area contributed by atoms with Gasteiger partial charge in [-0.25, -0.2) is 13.1 Å². The number of sulfonamides is 1. The minimum Gasteiger partial charge on any atom is -0.211 e. The molecule has 0 atom stereocenters. The average Bonchev–Trinajstić information content (AvgIpc) is 2.41. The number of rotatable bonds is 9. The van der Waals surface area contributed by atoms with E-state index in [0.29, 0.717) is 11.0 Å². The number of hydrogen-bond donors (Lipinski definition) is 1. The van der Waals surface area contributed by atoms with Crippen LogP contribution in [0, 0.1) is 6.92 Å². The zero-order valence-corrected chi connectivity index (χ0v) is 16.6. The number of unbranched alkanes of at least 4 members (excludes halogenated alkanes) is 5. The van der Waals surface area contributed by atoms with Gasteiger partial charge in [0.1, 0.15) is 0 Å². The van der Waals surface area contributed by atoms with Crippen molar-refractivity contribution < 1.29 is 8.42 Å². The molecular formula is C15H23Br2NO2S. The third-order valence-electron chi connectivity index (χ3n) is 3.33. The fourth-order valence-electron chi connectivity index (χ4n) is 2.02. The SMILES string of the molecule is CCCCCCCCNS(=O)(=O)c1cc(Br)c(C)cc1Br. The van der Waals surface area contributed by atoms with E-state index in [1.165, 1.54) is 25.7 Å². The van der Waals surface area contributed by atoms with Gasteiger partial charge in [0.25, 0.3) is 0 Å². The summed E-state index contributed by atoms with van der Waals surface area (Å²) in [6.07, 6.45) is 6.85. The van der Waals surface area contributed by atoms with Gasteiger partial charge in [-0.3, -0.25) is 0 Å². The first-order valence-corrected chi connectivity index (χ1v) is 10.4. The van der Waals surface area contributed by atoms with Crippen LogP contribution in [0.3, 0.4) is 0 Å². The van der Waals surface area contributed by atoms with Gasteiger partial charge >= 0.3 is 0 Å². The van der Waals surface area contributed by atoms with Crippen LogP contribution in [0.5, 0.6) is 0 Å². The molecule has 0 aliphatic heterocycles. The minimum atomic E-state index is -3.45. The summed E-state index contributed by atoms with van der Waals surface area (Å²) in [5, 5.41) is 0. The molecule has 0 spiro atoms. The van der Waals surface area contributed by atoms with Crippen LogP contribution >= 0.6 is 31.9 Å². The summed E-state index contributed by atoms with van der Waals surface area (Å²) < 4.78 is 28.6. The molecule has 1 aromatic carbocycles. The van der Waals surface area contributed by atoms with E-state index in [1.54, 1.807) is 6.07 Å². The van der Waals surface area contributed by atoms with E-state index in [0.717, 1.165) is 22.9 Å². The summed E-state index contributed by atoms with van der Waals surface area (Å²) in [5.41, 5.74) is 0.997. The van der Waals surface area contributed by atoms with Crippen LogP contribution in [0.25, 0.3) is 0 Å². The zero-order valence-electron chi connectivity index (χ0n) is 12.6. The Morgan fingerprint density at radius 2 is 1.62 bits per heavy atom. The average molecular weight is 441 g/mol. The minimum absolute atomic E-state index is 0.283. The molecule has 0 amide bonds. The molecule has 0 saturated heterocycles. The number of nitrogens with one attached hydrogen (secondary N) is 1. The fraction of sp³-hybridized carbons (Fsp3) is 0.600. The zero-order chi connectivity index (χ0) is 15.9. The highest BCUT2D eigenvalue weighted by Gasteiger charge is 2.18. The molecule has 0 bridgehead atoms. The molecule has 0 aromatic heterocycles. The topological polar surface area (TPSA) is 46.2 Å². The van der Waals surface area contributed by atoms with Crippen molar-refractivity contribution in [3.05, 3.63) is 26.6 Å². The predicted molar refractivity (Wildman–Crippen MR) is 95.1 cm³/mol. The van der Waals surface area contributed by atoms with Gasteiger partial charge in [-0.05, 0) is 47.0 Å². The summed E-state index contributed by atoms with van der Waals surface area (Å²) in [5.74, 6) is 0. The van der Waals surface area contributed by atoms with Gasteiger partial charge in [-0.15, -0.1) is 0 Å². The van der Waals surface area contributed by atoms with Gasteiger partial charge in [-0.1, -0.05) is 55.0 Å². The molecule has 0 saturated carbocycles. The van der Waals surface area contributed by atoms with E-state index in [-0.39, 0.29) is 4.90 Å². The smallest absolute Gasteiger partial charge is 0.211 e. The van der Waals surface area contributed by atoms with Crippen molar-refractivity contribution in [3.8, 4) is 0 Å². The van der Waals surface area contributed by atoms with Crippen LogP contribution in [-0.2, 0) is 10.0 Å². The maximum atomic E-state index is 12.3. The monoisotopic (exact) mass is 439 g/mol. The van der Waals surface area contributed by atoms with E-state index in [2.05, 4.69) is 43.5 Å². The van der Waals surface area contributed by atoms with Gasteiger partial charge in [0.05, 0.1) is 4.90 Å². The van der Waals surface area contributed by atoms with Crippen molar-refractivity contribution in [2.24, 2.45) is 0 Å². The Kier molecular flexibility index (Phi) is 8.46. The highest BCUT2D eigenvalue weighted by atomic mass is 79.9. The summed E-state index contributed by atoms with van der Waals surface area (Å²) in [4.78, 5) is 0.283. The van der Waals surface area contributed by atoms with Gasteiger partial charge in [0.15, 0.2) is 0 Å². The van der Waals surface area contributed by atoms with Crippen molar-refractivity contribution in [1.29, 1.82) is 0 Å². The lowest BCUT2D eigenvalue weighted by Crippen LogP contribution is -2.25. The largest absolute Gasteiger partial charge is 0.241 e. The van der Waals surface area contributed by atoms with Gasteiger partial charge < -0.3 is 0 Å². The molecule has 0 aliphatic rings. The highest BCUT2D eigenvalue weighted by Crippen LogP contribution is 2.28. The molecule has 1 aromatic rings. The molecule has 0 heterocycles. The molecule has 120 valence electrons. The van der Waals surface area contributed by atoms with Gasteiger partial charge in [0, 0.05) is 15.5 Å². The van der Waals surface area contributed by atoms with Crippen molar-refractivity contribution in [1.82, 2.24) is 4.72 Å². The molecule has 0 aliphatic carbocycles. The molecule has 0 fully saturated rings. The lowest BCUT2D eigenvalue weighted by Gasteiger charge is -2.10. The standard InChI is InChI=1S/C15H23Br2NO2S/c1-3-4-5-6-7-8-9-18-21(19,20)15-11-13(16)12(2)10-14(15)17/h10-11,18H,3-9H2,1-2H3. The molecule has 0 unspecified atom stereocenters. The first kappa shape index (κ1) is 19.1. The summed E-state index contributed by atoms with van der Waals surface area (Å²) in [7, 11) is -3.45. The van der Waals surface area contributed by atoms with Gasteiger partial charge in [-0.2, -0.15) is 0 Å². The molecular weight excluding hydrogens is 418 g/mol. The van der Waals surface area contributed by atoms with Crippen molar-refractivity contribution >= 4 is 41.9 Å². The van der Waals surface area contributed by atoms with Crippen LogP contribution < -0.4 is 4.72 Å². The normalized spacial score (nSPS) is 11.8. The molecule has 1 N–H and O–H groups in total. The second-order valence-corrected chi connectivity index (χ2v) is 8.64. The molecule has 6 heteroatoms. The number of aryl methyl sites for hydroxylation is 1. The number of halogens is 2. The second kappa shape index (κ2) is 9.28. The number of benzene rings is 1. The van der Waals surface area contributed by atoms with Gasteiger partial charge in [0.2, 0.25) is 10.0 Å². The predicted octanol–water partition coefficient (Wildman–Crippen LogP) is 5.16. The lowest BCUT2D eigenvalue weighted by molar-refractivity contribution is 0.567. The Bertz CT molecular complexity index is 559. The summed E-state index contributed by atoms with van der Waals surface area (Å²) in [6, 6.07) is 3.45. The third-order valence-corrected chi connectivity index (χ3v) is 6.60. The molecule has 1 rings (SSSR count). The van der Waals surface area contributed by atoms with Crippen LogP contribution in [0.4, 0.5) is 0 Å². The van der Waals surface area contributed by atoms with Crippen LogP contribution in [-0.4, -0.2) is 15.0 Å². The highest BCUT2D eigenvalue weighted by molar-refractivity contribution is 9.11. The first-order chi connectivity index (χ1) is 9.88. The third kappa shape index (κ3) is 6.38. The maximum Gasteiger partial charge on any atom is 0.241 e. The quantitative estimate of drug-likeness (QED) is 0.539. The van der Waals surface area contributed by atoms with Crippen LogP contribution in [0.2, 0.25) is 0 Å². The van der Waals surface area contributed by atoms with E-state index in [1.807, 2.05) is 13.0 Å². The van der Waals surface area contributed by atoms with E-state index >= 15 is 0 Å². The van der Waals surface area contributed by atoms with Crippen LogP contribution in [0.1, 0.15) is 51.0 Å². The Labute approximate surface area is 145 Å². The van der Waals surface area contributed by atoms with Crippen molar-refractivity contribution in [2.75, 3.05) is 6.54 Å². The fourth-order valence-corrected chi connectivity index (χ4v) is 4.77. The molecule has 21 heavy (non-hydrogen) atoms.